The lowest BCUT2D eigenvalue weighted by Gasteiger charge is -2.26. The first-order valence-corrected chi connectivity index (χ1v) is 20.2. The van der Waals surface area contributed by atoms with Crippen molar-refractivity contribution in [3.8, 4) is 27.9 Å². The van der Waals surface area contributed by atoms with Gasteiger partial charge in [-0.15, -0.1) is 0 Å². The van der Waals surface area contributed by atoms with Gasteiger partial charge in [0, 0.05) is 44.3 Å². The van der Waals surface area contributed by atoms with Crippen LogP contribution in [0.1, 0.15) is 0 Å². The Bertz CT molecular complexity index is 3430. The van der Waals surface area contributed by atoms with Gasteiger partial charge in [-0.2, -0.15) is 0 Å². The number of furan rings is 1. The van der Waals surface area contributed by atoms with E-state index in [1.54, 1.807) is 0 Å². The van der Waals surface area contributed by atoms with E-state index in [0.29, 0.717) is 0 Å². The van der Waals surface area contributed by atoms with Crippen molar-refractivity contribution in [1.29, 1.82) is 0 Å². The zero-order valence-electron chi connectivity index (χ0n) is 32.1. The van der Waals surface area contributed by atoms with Gasteiger partial charge in [-0.3, -0.25) is 0 Å². The van der Waals surface area contributed by atoms with Gasteiger partial charge < -0.3 is 13.9 Å². The predicted octanol–water partition coefficient (Wildman–Crippen LogP) is 15.8. The molecule has 3 heteroatoms. The molecule has 0 spiro atoms. The molecule has 12 aromatic rings. The number of anilines is 3. The predicted molar refractivity (Wildman–Crippen MR) is 249 cm³/mol. The summed E-state index contributed by atoms with van der Waals surface area (Å²) < 4.78 is 8.64. The molecule has 0 aliphatic carbocycles. The average molecular weight is 753 g/mol. The van der Waals surface area contributed by atoms with Crippen molar-refractivity contribution >= 4 is 82.4 Å². The molecule has 2 aromatic heterocycles. The fourth-order valence-electron chi connectivity index (χ4n) is 9.17. The SMILES string of the molecule is c1ccc(-c2ccc(N(c3ccc(-c4ccc(-n5c6ccc7ccccc7c6c6c7ccccc7ccc65)cc4)cc3)c3ccc4oc5ccccc5c4c3)cc2)cc1. The number of para-hydroxylation sites is 1. The maximum atomic E-state index is 6.22. The summed E-state index contributed by atoms with van der Waals surface area (Å²) in [5.74, 6) is 0. The average Bonchev–Trinajstić information content (AvgIpc) is 3.86. The summed E-state index contributed by atoms with van der Waals surface area (Å²) in [5, 5.41) is 9.88. The van der Waals surface area contributed by atoms with Crippen LogP contribution in [0.15, 0.2) is 223 Å². The Labute approximate surface area is 341 Å². The van der Waals surface area contributed by atoms with Gasteiger partial charge in [-0.25, -0.2) is 0 Å². The molecule has 3 nitrogen and oxygen atoms in total. The fraction of sp³-hybridized carbons (Fsp3) is 0. The van der Waals surface area contributed by atoms with E-state index in [1.807, 2.05) is 12.1 Å². The molecule has 10 aromatic carbocycles. The Balaban J connectivity index is 0.940. The summed E-state index contributed by atoms with van der Waals surface area (Å²) in [4.78, 5) is 2.33. The third kappa shape index (κ3) is 5.44. The van der Waals surface area contributed by atoms with E-state index in [-0.39, 0.29) is 0 Å². The molecule has 0 unspecified atom stereocenters. The van der Waals surface area contributed by atoms with E-state index in [2.05, 4.69) is 216 Å². The smallest absolute Gasteiger partial charge is 0.135 e. The Kier molecular flexibility index (Phi) is 7.54. The summed E-state index contributed by atoms with van der Waals surface area (Å²) in [7, 11) is 0. The van der Waals surface area contributed by atoms with Crippen molar-refractivity contribution in [2.75, 3.05) is 4.90 Å². The van der Waals surface area contributed by atoms with Crippen molar-refractivity contribution in [1.82, 2.24) is 4.57 Å². The second kappa shape index (κ2) is 13.4. The monoisotopic (exact) mass is 752 g/mol. The van der Waals surface area contributed by atoms with Crippen molar-refractivity contribution in [3.05, 3.63) is 218 Å². The summed E-state index contributed by atoms with van der Waals surface area (Å²) in [6, 6.07) is 78.7. The maximum absolute atomic E-state index is 6.22. The third-order valence-corrected chi connectivity index (χ3v) is 12.0. The van der Waals surface area contributed by atoms with E-state index in [1.165, 1.54) is 60.0 Å². The van der Waals surface area contributed by atoms with Crippen molar-refractivity contribution < 1.29 is 4.42 Å². The molecule has 0 aliphatic heterocycles. The molecule has 0 saturated carbocycles. The lowest BCUT2D eigenvalue weighted by Crippen LogP contribution is -2.09. The molecule has 0 atom stereocenters. The zero-order valence-corrected chi connectivity index (χ0v) is 32.1. The molecule has 0 saturated heterocycles. The van der Waals surface area contributed by atoms with Gasteiger partial charge >= 0.3 is 0 Å². The highest BCUT2D eigenvalue weighted by Gasteiger charge is 2.19. The molecule has 12 rings (SSSR count). The summed E-state index contributed by atoms with van der Waals surface area (Å²) in [6.45, 7) is 0. The van der Waals surface area contributed by atoms with Crippen LogP contribution in [0.25, 0.3) is 93.2 Å². The number of hydrogen-bond acceptors (Lipinski definition) is 2. The van der Waals surface area contributed by atoms with Gasteiger partial charge in [0.2, 0.25) is 0 Å². The molecule has 0 fully saturated rings. The number of fused-ring (bicyclic) bond motifs is 10. The van der Waals surface area contributed by atoms with Gasteiger partial charge in [0.05, 0.1) is 11.0 Å². The van der Waals surface area contributed by atoms with Crippen LogP contribution in [0.5, 0.6) is 0 Å². The minimum absolute atomic E-state index is 0.885. The number of aromatic nitrogens is 1. The molecule has 0 aliphatic rings. The first kappa shape index (κ1) is 33.3. The van der Waals surface area contributed by atoms with Crippen LogP contribution in [0.2, 0.25) is 0 Å². The highest BCUT2D eigenvalue weighted by atomic mass is 16.3. The molecule has 2 heterocycles. The highest BCUT2D eigenvalue weighted by Crippen LogP contribution is 2.42. The second-order valence-electron chi connectivity index (χ2n) is 15.3. The van der Waals surface area contributed by atoms with Gasteiger partial charge in [0.25, 0.3) is 0 Å². The van der Waals surface area contributed by atoms with E-state index in [4.69, 9.17) is 4.42 Å². The lowest BCUT2D eigenvalue weighted by atomic mass is 10.00. The van der Waals surface area contributed by atoms with Crippen molar-refractivity contribution in [3.63, 3.8) is 0 Å². The second-order valence-corrected chi connectivity index (χ2v) is 15.3. The molecule has 0 N–H and O–H groups in total. The summed E-state index contributed by atoms with van der Waals surface area (Å²) in [6.07, 6.45) is 0. The number of nitrogens with zero attached hydrogens (tertiary/aromatic N) is 2. The van der Waals surface area contributed by atoms with E-state index in [9.17, 15) is 0 Å². The molecule has 0 amide bonds. The maximum Gasteiger partial charge on any atom is 0.135 e. The van der Waals surface area contributed by atoms with E-state index in [0.717, 1.165) is 50.3 Å². The molecule has 59 heavy (non-hydrogen) atoms. The van der Waals surface area contributed by atoms with Crippen LogP contribution in [0, 0.1) is 0 Å². The minimum Gasteiger partial charge on any atom is -0.456 e. The van der Waals surface area contributed by atoms with Crippen LogP contribution in [0.3, 0.4) is 0 Å². The summed E-state index contributed by atoms with van der Waals surface area (Å²) >= 11 is 0. The molecular weight excluding hydrogens is 717 g/mol. The zero-order chi connectivity index (χ0) is 38.9. The molecule has 0 radical (unpaired) electrons. The van der Waals surface area contributed by atoms with Crippen molar-refractivity contribution in [2.24, 2.45) is 0 Å². The Morgan fingerprint density at radius 2 is 0.780 bits per heavy atom. The van der Waals surface area contributed by atoms with Crippen LogP contribution in [-0.2, 0) is 0 Å². The Hall–Kier alpha value is -7.88. The van der Waals surface area contributed by atoms with Gasteiger partial charge in [-0.1, -0.05) is 146 Å². The van der Waals surface area contributed by atoms with Crippen LogP contribution in [-0.4, -0.2) is 4.57 Å². The normalized spacial score (nSPS) is 11.7. The summed E-state index contributed by atoms with van der Waals surface area (Å²) in [5.41, 5.74) is 13.3. The first-order chi connectivity index (χ1) is 29.2. The number of benzene rings is 10. The topological polar surface area (TPSA) is 21.3 Å². The molecular formula is C56H36N2O. The van der Waals surface area contributed by atoms with Crippen LogP contribution < -0.4 is 4.90 Å². The third-order valence-electron chi connectivity index (χ3n) is 12.0. The van der Waals surface area contributed by atoms with E-state index < -0.39 is 0 Å². The molecule has 276 valence electrons. The van der Waals surface area contributed by atoms with Crippen molar-refractivity contribution in [2.45, 2.75) is 0 Å². The standard InChI is InChI=1S/C56H36N2O/c1-2-10-37(11-3-1)38-18-26-43(27-19-38)57(46-32-35-54-50(36-46)49-16-8-9-17-53(49)59-54)44-28-20-39(21-29-44)40-22-30-45(31-23-40)58-51-33-24-41-12-4-6-14-47(41)55(51)56-48-15-7-5-13-42(48)25-34-52(56)58/h1-36H. The van der Waals surface area contributed by atoms with Crippen LogP contribution >= 0.6 is 0 Å². The van der Waals surface area contributed by atoms with Gasteiger partial charge in [0.1, 0.15) is 11.2 Å². The minimum atomic E-state index is 0.885. The van der Waals surface area contributed by atoms with Gasteiger partial charge in [-0.05, 0) is 117 Å². The van der Waals surface area contributed by atoms with E-state index >= 15 is 0 Å². The first-order valence-electron chi connectivity index (χ1n) is 20.2. The largest absolute Gasteiger partial charge is 0.456 e. The lowest BCUT2D eigenvalue weighted by molar-refractivity contribution is 0.669. The quantitative estimate of drug-likeness (QED) is 0.169. The Morgan fingerprint density at radius 1 is 0.322 bits per heavy atom. The highest BCUT2D eigenvalue weighted by molar-refractivity contribution is 6.28. The number of hydrogen-bond donors (Lipinski definition) is 0. The fourth-order valence-corrected chi connectivity index (χ4v) is 9.17. The number of rotatable bonds is 6. The molecule has 0 bridgehead atoms. The van der Waals surface area contributed by atoms with Gasteiger partial charge in [0.15, 0.2) is 0 Å². The Morgan fingerprint density at radius 3 is 1.37 bits per heavy atom. The van der Waals surface area contributed by atoms with Crippen LogP contribution in [0.4, 0.5) is 17.1 Å².